The van der Waals surface area contributed by atoms with Gasteiger partial charge >= 0.3 is 24.4 Å². The van der Waals surface area contributed by atoms with Gasteiger partial charge in [0.15, 0.2) is 0 Å². The highest BCUT2D eigenvalue weighted by atomic mass is 16.4. The molecule has 0 spiro atoms. The van der Waals surface area contributed by atoms with E-state index in [9.17, 15) is 81.5 Å². The molecule has 12 aliphatic carbocycles. The van der Waals surface area contributed by atoms with Crippen LogP contribution in [0, 0.1) is 126 Å². The van der Waals surface area contributed by atoms with Crippen molar-refractivity contribution < 1.29 is 115 Å². The Bertz CT molecular complexity index is 4470. The van der Waals surface area contributed by atoms with E-state index >= 15 is 0 Å². The quantitative estimate of drug-likeness (QED) is 0.0638. The molecule has 20 atom stereocenters. The number of aromatic nitrogens is 1. The minimum absolute atomic E-state index is 0.0131. The van der Waals surface area contributed by atoms with Crippen molar-refractivity contribution in [2.24, 2.45) is 126 Å². The molecule has 2 aromatic rings. The van der Waals surface area contributed by atoms with Gasteiger partial charge in [0.25, 0.3) is 0 Å². The van der Waals surface area contributed by atoms with Crippen molar-refractivity contribution in [3.8, 4) is 0 Å². The first-order valence-electron chi connectivity index (χ1n) is 45.0. The molecule has 1 aromatic heterocycles. The van der Waals surface area contributed by atoms with Gasteiger partial charge in [0, 0.05) is 213 Å². The summed E-state index contributed by atoms with van der Waals surface area (Å²) in [6.45, 7) is 25.2. The fourth-order valence-corrected chi connectivity index (χ4v) is 25.3. The Morgan fingerprint density at radius 1 is 0.376 bits per heavy atom. The number of ketones is 12. The molecule has 12 fully saturated rings. The Morgan fingerprint density at radius 3 is 0.904 bits per heavy atom. The third-order valence-electron chi connectivity index (χ3n) is 31.9. The van der Waals surface area contributed by atoms with Crippen molar-refractivity contribution in [1.82, 2.24) is 26.3 Å². The maximum atomic E-state index is 13.3. The first kappa shape index (κ1) is 101. The second-order valence-electron chi connectivity index (χ2n) is 40.2. The zero-order valence-corrected chi connectivity index (χ0v) is 74.8. The summed E-state index contributed by atoms with van der Waals surface area (Å²) in [4.78, 5) is 266. The van der Waals surface area contributed by atoms with E-state index in [0.29, 0.717) is 128 Å². The lowest BCUT2D eigenvalue weighted by atomic mass is 9.48. The Kier molecular flexibility index (Phi) is 33.7. The van der Waals surface area contributed by atoms with Crippen LogP contribution in [-0.2, 0) is 117 Å². The molecule has 12 saturated carbocycles. The minimum Gasteiger partial charge on any atom is -0.481 e. The summed E-state index contributed by atoms with van der Waals surface area (Å²) in [5, 5.41) is 21.2. The van der Waals surface area contributed by atoms with Crippen LogP contribution in [0.5, 0.6) is 0 Å². The second kappa shape index (κ2) is 41.8. The smallest absolute Gasteiger partial charge is 0.373 e. The maximum absolute atomic E-state index is 13.3. The lowest BCUT2D eigenvalue weighted by Gasteiger charge is -2.52. The largest absolute Gasteiger partial charge is 0.481 e. The van der Waals surface area contributed by atoms with Crippen LogP contribution in [0.25, 0.3) is 10.9 Å². The van der Waals surface area contributed by atoms with Crippen LogP contribution < -0.4 is 21.3 Å². The number of hydrogen-bond donors (Lipinski definition) is 6. The Labute approximate surface area is 730 Å². The molecule has 0 bridgehead atoms. The number of carbonyl (C=O) groups is 17. The number of H-pyrrole nitrogens is 1. The summed E-state index contributed by atoms with van der Waals surface area (Å²) < 4.78 is 0. The molecule has 0 radical (unpaired) electrons. The van der Waals surface area contributed by atoms with E-state index in [1.807, 2.05) is 101 Å². The fourth-order valence-electron chi connectivity index (χ4n) is 25.3. The van der Waals surface area contributed by atoms with Gasteiger partial charge in [-0.2, -0.15) is 28.8 Å². The third-order valence-corrected chi connectivity index (χ3v) is 31.9. The van der Waals surface area contributed by atoms with Crippen LogP contribution in [0.2, 0.25) is 0 Å². The van der Waals surface area contributed by atoms with E-state index in [2.05, 4.69) is 32.3 Å². The van der Waals surface area contributed by atoms with E-state index in [1.165, 1.54) is 0 Å². The van der Waals surface area contributed by atoms with Gasteiger partial charge in [0.05, 0.1) is 6.42 Å². The second-order valence-corrected chi connectivity index (χ2v) is 40.2. The zero-order valence-electron chi connectivity index (χ0n) is 74.8. The van der Waals surface area contributed by atoms with Crippen molar-refractivity contribution in [3.05, 3.63) is 36.0 Å². The third kappa shape index (κ3) is 21.3. The van der Waals surface area contributed by atoms with E-state index in [1.54, 1.807) is 6.92 Å². The minimum atomic E-state index is -0.987. The van der Waals surface area contributed by atoms with E-state index < -0.39 is 55.2 Å². The van der Waals surface area contributed by atoms with Crippen LogP contribution in [0.1, 0.15) is 275 Å². The molecule has 12 aliphatic rings. The molecule has 29 heteroatoms. The van der Waals surface area contributed by atoms with Crippen molar-refractivity contribution in [2.75, 3.05) is 26.2 Å². The summed E-state index contributed by atoms with van der Waals surface area (Å²) >= 11 is 0. The SMILES string of the molecule is CC(C)CNC(=O)CC[C@@]1(C)C(=O)CC[C@@H]2[C@@H]1C(=O)C[C@]1(C)C(=O)CC[C@@H]21.CC(C)CNC(=O)CC[C@@]1(C)C(=O)CC[C@@H]2[C@@H]1C(=O)C[C@]1(C)C(=O)CC[C@@H]21.C[C@]1(CCC(=O)NCCC(=O)O)C(=O)CC[C@@H]2[C@@H]1C(=O)C[C@]1(C)C(=O)CC[C@@H]21.C[C@]1(CCC(=O)NCCc2c[nH]c3ccccc23)C(=O)CC[C@@H]2[C@@H]1C(=O)C[C@]1(C)C(=O)CC[C@@H]21.O=C=O.O=C=O.O=C=O. The highest BCUT2D eigenvalue weighted by molar-refractivity contribution is 6.03. The first-order valence-corrected chi connectivity index (χ1v) is 45.0. The summed E-state index contributed by atoms with van der Waals surface area (Å²) in [6, 6.07) is 8.09. The standard InChI is InChI=1S/C28H34N2O4.2C22H33NO4.C21H29NO6.3CO2/c1-27(13-11-25(34)29-14-12-17-16-30-21-6-4-3-5-18(17)21)23(32)9-7-19-20-8-10-24(33)28(20,2)15-22(31)26(19)27;2*1-13(2)12-23-19(27)9-10-21(3)17(25)7-5-14-15-6-8-18(26)22(15,4)11-16(24)20(14)21;1-20(9-7-17(26)22-10-8-18(27)28)15(24)5-3-12-13-4-6-16(25)21(13,2)11-14(23)19(12)20;3*2-1-3/h3-6,16,19-20,26,30H,7-15H2,1-2H3,(H,29,34);2*13-15,20H,5-12H2,1-4H3,(H,23,27);12-13,19H,3-11H2,1-2H3,(H,22,26)(H,27,28);;;/t19-,20-,26+,27-,28-;2*14-,15-,20+,21-,22-;12-,13-,19+,20-,21-;;;/m0000.../s1. The zero-order chi connectivity index (χ0) is 92.9. The highest BCUT2D eigenvalue weighted by Gasteiger charge is 2.68. The molecular formula is C96H129N5O24. The monoisotopic (exact) mass is 1740 g/mol. The van der Waals surface area contributed by atoms with E-state index in [4.69, 9.17) is 33.9 Å². The van der Waals surface area contributed by atoms with E-state index in [-0.39, 0.29) is 247 Å². The molecule has 0 aliphatic heterocycles. The molecule has 14 rings (SSSR count). The molecule has 1 heterocycles. The number of carboxylic acids is 1. The number of rotatable bonds is 22. The number of nitrogens with one attached hydrogen (secondary N) is 5. The van der Waals surface area contributed by atoms with E-state index in [0.717, 1.165) is 48.6 Å². The van der Waals surface area contributed by atoms with Crippen LogP contribution in [-0.4, -0.2) is 154 Å². The van der Waals surface area contributed by atoms with Crippen molar-refractivity contribution >= 4 is 128 Å². The van der Waals surface area contributed by atoms with Gasteiger partial charge in [-0.05, 0) is 154 Å². The molecule has 29 nitrogen and oxygen atoms in total. The summed E-state index contributed by atoms with van der Waals surface area (Å²) in [6.07, 6.45) is 16.5. The topological polar surface area (TPSA) is 477 Å². The summed E-state index contributed by atoms with van der Waals surface area (Å²) in [7, 11) is 0. The maximum Gasteiger partial charge on any atom is 0.373 e. The predicted octanol–water partition coefficient (Wildman–Crippen LogP) is 10.5. The molecule has 125 heavy (non-hydrogen) atoms. The van der Waals surface area contributed by atoms with Crippen molar-refractivity contribution in [2.45, 2.75) is 276 Å². The van der Waals surface area contributed by atoms with Crippen LogP contribution in [0.3, 0.4) is 0 Å². The summed E-state index contributed by atoms with van der Waals surface area (Å²) in [5.41, 5.74) is -3.23. The fraction of sp³-hybridized carbons (Fsp3) is 0.708. The molecular weight excluding hydrogens is 1610 g/mol. The number of carboxylic acid groups (broad SMARTS) is 1. The molecule has 682 valence electrons. The van der Waals surface area contributed by atoms with Gasteiger partial charge in [-0.25, -0.2) is 0 Å². The Balaban J connectivity index is 0.000000201. The van der Waals surface area contributed by atoms with Crippen LogP contribution in [0.15, 0.2) is 30.5 Å². The molecule has 6 N–H and O–H groups in total. The highest BCUT2D eigenvalue weighted by Crippen LogP contribution is 2.65. The number of aromatic amines is 1. The average Bonchev–Trinajstić information content (AvgIpc) is 1.68. The average molecular weight is 1740 g/mol. The van der Waals surface area contributed by atoms with Crippen LogP contribution in [0.4, 0.5) is 0 Å². The number of para-hydroxylation sites is 1. The Hall–Kier alpha value is -9.71. The summed E-state index contributed by atoms with van der Waals surface area (Å²) in [5.74, 6) is 0.156. The van der Waals surface area contributed by atoms with Gasteiger partial charge in [0.2, 0.25) is 23.6 Å². The number of hydrogen-bond acceptors (Lipinski definition) is 23. The first-order chi connectivity index (χ1) is 58.8. The number of amides is 4. The number of carbonyl (C=O) groups excluding carboxylic acids is 22. The van der Waals surface area contributed by atoms with Gasteiger partial charge in [-0.3, -0.25) is 81.5 Å². The molecule has 0 saturated heterocycles. The number of benzene rings is 1. The van der Waals surface area contributed by atoms with Gasteiger partial charge < -0.3 is 31.4 Å². The van der Waals surface area contributed by atoms with Gasteiger partial charge in [0.1, 0.15) is 69.4 Å². The van der Waals surface area contributed by atoms with Crippen molar-refractivity contribution in [3.63, 3.8) is 0 Å². The molecule has 1 aromatic carbocycles. The lowest BCUT2D eigenvalue weighted by molar-refractivity contribution is -0.193. The molecule has 4 amide bonds. The number of fused-ring (bicyclic) bond motifs is 13. The van der Waals surface area contributed by atoms with Gasteiger partial charge in [-0.15, -0.1) is 0 Å². The lowest BCUT2D eigenvalue weighted by Crippen LogP contribution is -2.56. The van der Waals surface area contributed by atoms with Crippen molar-refractivity contribution in [1.29, 1.82) is 0 Å². The molecule has 0 unspecified atom stereocenters. The number of Topliss-reactive ketones (excluding diaryl/α,β-unsaturated/α-hetero) is 12. The normalized spacial score (nSPS) is 34.3. The Morgan fingerprint density at radius 2 is 0.632 bits per heavy atom. The number of aliphatic carboxylic acids is 1. The predicted molar refractivity (Wildman–Crippen MR) is 447 cm³/mol. The van der Waals surface area contributed by atoms with Crippen LogP contribution >= 0.6 is 0 Å². The van der Waals surface area contributed by atoms with Gasteiger partial charge in [-0.1, -0.05) is 101 Å².